The van der Waals surface area contributed by atoms with Gasteiger partial charge in [-0.3, -0.25) is 4.98 Å². The second-order valence-electron chi connectivity index (χ2n) is 4.57. The zero-order chi connectivity index (χ0) is 14.4. The van der Waals surface area contributed by atoms with E-state index in [4.69, 9.17) is 5.11 Å². The zero-order valence-corrected chi connectivity index (χ0v) is 11.5. The summed E-state index contributed by atoms with van der Waals surface area (Å²) in [5.74, 6) is 5.57. The molecule has 1 aromatic heterocycles. The predicted octanol–water partition coefficient (Wildman–Crippen LogP) is 3.21. The van der Waals surface area contributed by atoms with Gasteiger partial charge in [0.15, 0.2) is 0 Å². The summed E-state index contributed by atoms with van der Waals surface area (Å²) in [4.78, 5) is 4.40. The van der Waals surface area contributed by atoms with Gasteiger partial charge < -0.3 is 5.11 Å². The molecule has 100 valence electrons. The van der Waals surface area contributed by atoms with E-state index < -0.39 is 6.10 Å². The molecule has 0 amide bonds. The zero-order valence-electron chi connectivity index (χ0n) is 11.5. The lowest BCUT2D eigenvalue weighted by Crippen LogP contribution is -1.93. The number of pyridine rings is 1. The first-order valence-corrected chi connectivity index (χ1v) is 6.55. The highest BCUT2D eigenvalue weighted by atomic mass is 16.3. The molecule has 0 aliphatic carbocycles. The minimum Gasteiger partial charge on any atom is -0.381 e. The van der Waals surface area contributed by atoms with Crippen molar-refractivity contribution in [3.05, 3.63) is 66.4 Å². The standard InChI is InChI=1S/C18H17NO/c1-3-4-15-7-10-17(11-8-15)18-12-9-16(13-19-18)6-5-14(2)20/h3,7-14,20H,1,4H2,2H3. The summed E-state index contributed by atoms with van der Waals surface area (Å²) in [6.45, 7) is 5.37. The van der Waals surface area contributed by atoms with Crippen LogP contribution in [0, 0.1) is 11.8 Å². The Balaban J connectivity index is 2.17. The molecule has 0 saturated heterocycles. The monoisotopic (exact) mass is 263 g/mol. The van der Waals surface area contributed by atoms with Crippen LogP contribution in [0.3, 0.4) is 0 Å². The quantitative estimate of drug-likeness (QED) is 0.681. The molecule has 20 heavy (non-hydrogen) atoms. The van der Waals surface area contributed by atoms with Gasteiger partial charge in [-0.2, -0.15) is 0 Å². The first kappa shape index (κ1) is 14.0. The van der Waals surface area contributed by atoms with Crippen LogP contribution in [0.2, 0.25) is 0 Å². The molecular formula is C18H17NO. The van der Waals surface area contributed by atoms with Gasteiger partial charge in [0.25, 0.3) is 0 Å². The average Bonchev–Trinajstić information content (AvgIpc) is 2.47. The maximum absolute atomic E-state index is 9.11. The van der Waals surface area contributed by atoms with Crippen LogP contribution >= 0.6 is 0 Å². The van der Waals surface area contributed by atoms with Crippen molar-refractivity contribution in [2.24, 2.45) is 0 Å². The molecule has 1 atom stereocenters. The maximum Gasteiger partial charge on any atom is 0.112 e. The third-order valence-corrected chi connectivity index (χ3v) is 2.82. The number of hydrogen-bond donors (Lipinski definition) is 1. The summed E-state index contributed by atoms with van der Waals surface area (Å²) < 4.78 is 0. The van der Waals surface area contributed by atoms with Gasteiger partial charge in [0.1, 0.15) is 6.10 Å². The molecule has 0 fully saturated rings. The van der Waals surface area contributed by atoms with Gasteiger partial charge >= 0.3 is 0 Å². The summed E-state index contributed by atoms with van der Waals surface area (Å²) in [6.07, 6.45) is 3.87. The van der Waals surface area contributed by atoms with Crippen molar-refractivity contribution in [2.75, 3.05) is 0 Å². The van der Waals surface area contributed by atoms with Gasteiger partial charge in [-0.05, 0) is 31.0 Å². The van der Waals surface area contributed by atoms with Crippen LogP contribution in [0.4, 0.5) is 0 Å². The summed E-state index contributed by atoms with van der Waals surface area (Å²) in [6, 6.07) is 12.1. The minimum absolute atomic E-state index is 0.618. The first-order chi connectivity index (χ1) is 9.69. The fourth-order valence-electron chi connectivity index (χ4n) is 1.80. The summed E-state index contributed by atoms with van der Waals surface area (Å²) in [5.41, 5.74) is 4.03. The Bertz CT molecular complexity index is 628. The largest absolute Gasteiger partial charge is 0.381 e. The van der Waals surface area contributed by atoms with Crippen LogP contribution in [-0.2, 0) is 6.42 Å². The van der Waals surface area contributed by atoms with Gasteiger partial charge in [0.05, 0.1) is 5.69 Å². The predicted molar refractivity (Wildman–Crippen MR) is 82.1 cm³/mol. The first-order valence-electron chi connectivity index (χ1n) is 6.55. The Kier molecular flexibility index (Phi) is 4.70. The van der Waals surface area contributed by atoms with Gasteiger partial charge in [-0.1, -0.05) is 42.2 Å². The van der Waals surface area contributed by atoms with Gasteiger partial charge in [-0.15, -0.1) is 6.58 Å². The molecule has 2 aromatic rings. The van der Waals surface area contributed by atoms with Crippen molar-refractivity contribution < 1.29 is 5.11 Å². The Hall–Kier alpha value is -2.37. The van der Waals surface area contributed by atoms with E-state index in [0.717, 1.165) is 23.2 Å². The summed E-state index contributed by atoms with van der Waals surface area (Å²) in [5, 5.41) is 9.11. The molecule has 1 aromatic carbocycles. The molecule has 2 nitrogen and oxygen atoms in total. The molecule has 0 saturated carbocycles. The van der Waals surface area contributed by atoms with Gasteiger partial charge in [0.2, 0.25) is 0 Å². The highest BCUT2D eigenvalue weighted by Crippen LogP contribution is 2.18. The van der Waals surface area contributed by atoms with E-state index in [1.54, 1.807) is 13.1 Å². The lowest BCUT2D eigenvalue weighted by Gasteiger charge is -2.02. The van der Waals surface area contributed by atoms with Gasteiger partial charge in [-0.25, -0.2) is 0 Å². The SMILES string of the molecule is C=CCc1ccc(-c2ccc(C#CC(C)O)cn2)cc1. The maximum atomic E-state index is 9.11. The van der Waals surface area contributed by atoms with Crippen molar-refractivity contribution in [1.29, 1.82) is 0 Å². The number of allylic oxidation sites excluding steroid dienone is 1. The molecule has 2 heteroatoms. The molecule has 1 unspecified atom stereocenters. The topological polar surface area (TPSA) is 33.1 Å². The van der Waals surface area contributed by atoms with Crippen molar-refractivity contribution in [2.45, 2.75) is 19.4 Å². The van der Waals surface area contributed by atoms with Crippen molar-refractivity contribution >= 4 is 0 Å². The Morgan fingerprint density at radius 2 is 2.00 bits per heavy atom. The highest BCUT2D eigenvalue weighted by Gasteiger charge is 1.99. The lowest BCUT2D eigenvalue weighted by atomic mass is 10.1. The molecular weight excluding hydrogens is 246 g/mol. The molecule has 0 radical (unpaired) electrons. The number of nitrogens with zero attached hydrogens (tertiary/aromatic N) is 1. The van der Waals surface area contributed by atoms with Crippen LogP contribution in [-0.4, -0.2) is 16.2 Å². The average molecular weight is 263 g/mol. The fraction of sp³-hybridized carbons (Fsp3) is 0.167. The molecule has 0 aliphatic heterocycles. The lowest BCUT2D eigenvalue weighted by molar-refractivity contribution is 0.253. The normalized spacial score (nSPS) is 11.3. The fourth-order valence-corrected chi connectivity index (χ4v) is 1.80. The van der Waals surface area contributed by atoms with Crippen LogP contribution in [0.25, 0.3) is 11.3 Å². The number of hydrogen-bond acceptors (Lipinski definition) is 2. The highest BCUT2D eigenvalue weighted by molar-refractivity contribution is 5.60. The second-order valence-corrected chi connectivity index (χ2v) is 4.57. The Labute approximate surface area is 119 Å². The van der Waals surface area contributed by atoms with E-state index in [1.807, 2.05) is 18.2 Å². The number of aliphatic hydroxyl groups excluding tert-OH is 1. The molecule has 0 spiro atoms. The van der Waals surface area contributed by atoms with Crippen LogP contribution in [0.5, 0.6) is 0 Å². The Morgan fingerprint density at radius 3 is 2.55 bits per heavy atom. The number of benzene rings is 1. The molecule has 2 rings (SSSR count). The van der Waals surface area contributed by atoms with Crippen molar-refractivity contribution in [3.63, 3.8) is 0 Å². The van der Waals surface area contributed by atoms with E-state index in [1.165, 1.54) is 5.56 Å². The van der Waals surface area contributed by atoms with E-state index in [-0.39, 0.29) is 0 Å². The van der Waals surface area contributed by atoms with Gasteiger partial charge in [0, 0.05) is 17.3 Å². The third kappa shape index (κ3) is 3.81. The van der Waals surface area contributed by atoms with E-state index in [2.05, 4.69) is 47.7 Å². The smallest absolute Gasteiger partial charge is 0.112 e. The van der Waals surface area contributed by atoms with Crippen molar-refractivity contribution in [1.82, 2.24) is 4.98 Å². The number of aromatic nitrogens is 1. The van der Waals surface area contributed by atoms with E-state index >= 15 is 0 Å². The Morgan fingerprint density at radius 1 is 1.25 bits per heavy atom. The summed E-state index contributed by atoms with van der Waals surface area (Å²) >= 11 is 0. The minimum atomic E-state index is -0.618. The third-order valence-electron chi connectivity index (χ3n) is 2.82. The van der Waals surface area contributed by atoms with E-state index in [9.17, 15) is 0 Å². The molecule has 1 heterocycles. The molecule has 0 bridgehead atoms. The van der Waals surface area contributed by atoms with E-state index in [0.29, 0.717) is 0 Å². The number of aliphatic hydroxyl groups is 1. The number of rotatable bonds is 3. The van der Waals surface area contributed by atoms with Crippen LogP contribution in [0.1, 0.15) is 18.1 Å². The molecule has 0 aliphatic rings. The van der Waals surface area contributed by atoms with Crippen LogP contribution < -0.4 is 0 Å². The second kappa shape index (κ2) is 6.70. The summed E-state index contributed by atoms with van der Waals surface area (Å²) in [7, 11) is 0. The molecule has 1 N–H and O–H groups in total. The van der Waals surface area contributed by atoms with Crippen molar-refractivity contribution in [3.8, 4) is 23.1 Å². The van der Waals surface area contributed by atoms with Crippen LogP contribution in [0.15, 0.2) is 55.3 Å².